The van der Waals surface area contributed by atoms with Crippen molar-refractivity contribution in [1.29, 1.82) is 0 Å². The number of aryl methyl sites for hydroxylation is 1. The van der Waals surface area contributed by atoms with Crippen molar-refractivity contribution in [2.45, 2.75) is 33.2 Å². The number of hydrogen-bond acceptors (Lipinski definition) is 7. The Morgan fingerprint density at radius 2 is 1.97 bits per heavy atom. The van der Waals surface area contributed by atoms with Crippen molar-refractivity contribution in [2.75, 3.05) is 46.0 Å². The van der Waals surface area contributed by atoms with E-state index in [1.807, 2.05) is 19.1 Å². The van der Waals surface area contributed by atoms with Crippen molar-refractivity contribution >= 4 is 17.4 Å². The highest BCUT2D eigenvalue weighted by atomic mass is 16.5. The predicted octanol–water partition coefficient (Wildman–Crippen LogP) is 3.57. The third kappa shape index (κ3) is 5.77. The second-order valence-corrected chi connectivity index (χ2v) is 9.77. The maximum Gasteiger partial charge on any atom is 0.295 e. The van der Waals surface area contributed by atoms with E-state index in [1.54, 1.807) is 35.5 Å². The van der Waals surface area contributed by atoms with Gasteiger partial charge in [0.05, 0.1) is 31.4 Å². The van der Waals surface area contributed by atoms with Crippen LogP contribution in [0.1, 0.15) is 43.0 Å². The number of nitrogens with zero attached hydrogens (tertiary/aromatic N) is 3. The van der Waals surface area contributed by atoms with Crippen molar-refractivity contribution in [2.24, 2.45) is 5.92 Å². The van der Waals surface area contributed by atoms with Crippen LogP contribution >= 0.6 is 0 Å². The summed E-state index contributed by atoms with van der Waals surface area (Å²) in [6, 6.07) is 8.28. The van der Waals surface area contributed by atoms with Gasteiger partial charge in [0.2, 0.25) is 0 Å². The standard InChI is InChI=1S/C28H35N3O5/c1-19(2)18-36-22-7-8-23(20(3)16-22)26(32)24-25(21-6-4-9-29-17-21)31(28(34)27(24)33)11-5-10-30-12-14-35-15-13-30/h4,6-9,16-17,19,25,32H,5,10-15,18H2,1-3H3/b26-24-. The molecule has 2 saturated heterocycles. The Hall–Kier alpha value is -3.23. The molecule has 1 atom stereocenters. The van der Waals surface area contributed by atoms with E-state index >= 15 is 0 Å². The monoisotopic (exact) mass is 493 g/mol. The van der Waals surface area contributed by atoms with Crippen LogP contribution in [0.3, 0.4) is 0 Å². The van der Waals surface area contributed by atoms with Crippen molar-refractivity contribution in [3.8, 4) is 5.75 Å². The minimum absolute atomic E-state index is 0.0957. The number of aliphatic hydroxyl groups is 1. The number of pyridine rings is 1. The summed E-state index contributed by atoms with van der Waals surface area (Å²) in [5.41, 5.74) is 2.06. The summed E-state index contributed by atoms with van der Waals surface area (Å²) in [6.45, 7) is 10.9. The third-order valence-electron chi connectivity index (χ3n) is 6.55. The first-order valence-corrected chi connectivity index (χ1v) is 12.6. The molecular weight excluding hydrogens is 458 g/mol. The molecule has 1 unspecified atom stereocenters. The number of carbonyl (C=O) groups is 2. The lowest BCUT2D eigenvalue weighted by molar-refractivity contribution is -0.140. The van der Waals surface area contributed by atoms with Gasteiger partial charge in [0.25, 0.3) is 11.7 Å². The van der Waals surface area contributed by atoms with Crippen LogP contribution in [0, 0.1) is 12.8 Å². The Morgan fingerprint density at radius 3 is 2.64 bits per heavy atom. The maximum atomic E-state index is 13.3. The third-order valence-corrected chi connectivity index (χ3v) is 6.55. The van der Waals surface area contributed by atoms with Gasteiger partial charge in [0.15, 0.2) is 0 Å². The topological polar surface area (TPSA) is 92.2 Å². The average molecular weight is 494 g/mol. The lowest BCUT2D eigenvalue weighted by Crippen LogP contribution is -2.39. The smallest absolute Gasteiger partial charge is 0.295 e. The molecule has 36 heavy (non-hydrogen) atoms. The fourth-order valence-electron chi connectivity index (χ4n) is 4.68. The fourth-order valence-corrected chi connectivity index (χ4v) is 4.68. The van der Waals surface area contributed by atoms with Gasteiger partial charge in [-0.1, -0.05) is 19.9 Å². The highest BCUT2D eigenvalue weighted by Crippen LogP contribution is 2.40. The highest BCUT2D eigenvalue weighted by Gasteiger charge is 2.46. The molecule has 0 radical (unpaired) electrons. The van der Waals surface area contributed by atoms with E-state index in [0.717, 1.165) is 25.2 Å². The van der Waals surface area contributed by atoms with Crippen LogP contribution in [0.15, 0.2) is 48.3 Å². The van der Waals surface area contributed by atoms with Crippen LogP contribution in [0.4, 0.5) is 0 Å². The molecule has 4 rings (SSSR count). The zero-order chi connectivity index (χ0) is 25.7. The SMILES string of the molecule is Cc1cc(OCC(C)C)ccc1/C(O)=C1/C(=O)C(=O)N(CCCN2CCOCC2)C1c1cccnc1. The van der Waals surface area contributed by atoms with E-state index in [1.165, 1.54) is 0 Å². The molecule has 3 heterocycles. The van der Waals surface area contributed by atoms with Gasteiger partial charge in [-0.05, 0) is 54.7 Å². The summed E-state index contributed by atoms with van der Waals surface area (Å²) in [6.07, 6.45) is 4.01. The Bertz CT molecular complexity index is 1110. The number of carbonyl (C=O) groups excluding carboxylic acids is 2. The number of ether oxygens (including phenoxy) is 2. The number of rotatable bonds is 9. The van der Waals surface area contributed by atoms with Crippen LogP contribution in [0.5, 0.6) is 5.75 Å². The quantitative estimate of drug-likeness (QED) is 0.324. The molecule has 1 aromatic heterocycles. The van der Waals surface area contributed by atoms with Gasteiger partial charge in [-0.2, -0.15) is 0 Å². The second kappa shape index (κ2) is 11.7. The average Bonchev–Trinajstić information content (AvgIpc) is 3.13. The number of amides is 1. The van der Waals surface area contributed by atoms with Crippen LogP contribution in [-0.2, 0) is 14.3 Å². The van der Waals surface area contributed by atoms with Crippen LogP contribution in [0.2, 0.25) is 0 Å². The van der Waals surface area contributed by atoms with Gasteiger partial charge < -0.3 is 19.5 Å². The van der Waals surface area contributed by atoms with Crippen LogP contribution < -0.4 is 4.74 Å². The van der Waals surface area contributed by atoms with Crippen molar-refractivity contribution in [3.63, 3.8) is 0 Å². The maximum absolute atomic E-state index is 13.3. The molecule has 2 aliphatic heterocycles. The number of likely N-dealkylation sites (tertiary alicyclic amines) is 1. The minimum Gasteiger partial charge on any atom is -0.507 e. The fraction of sp³-hybridized carbons (Fsp3) is 0.464. The number of Topliss-reactive ketones (excluding diaryl/α,β-unsaturated/α-hetero) is 1. The summed E-state index contributed by atoms with van der Waals surface area (Å²) < 4.78 is 11.2. The number of aromatic nitrogens is 1. The molecule has 2 aliphatic rings. The summed E-state index contributed by atoms with van der Waals surface area (Å²) >= 11 is 0. The molecule has 0 spiro atoms. The van der Waals surface area contributed by atoms with E-state index in [0.29, 0.717) is 55.6 Å². The Morgan fingerprint density at radius 1 is 1.19 bits per heavy atom. The molecule has 2 aromatic rings. The number of ketones is 1. The number of aliphatic hydroxyl groups excluding tert-OH is 1. The van der Waals surface area contributed by atoms with Gasteiger partial charge in [-0.15, -0.1) is 0 Å². The lowest BCUT2D eigenvalue weighted by atomic mass is 9.94. The molecule has 1 amide bonds. The van der Waals surface area contributed by atoms with Gasteiger partial charge >= 0.3 is 0 Å². The molecule has 192 valence electrons. The summed E-state index contributed by atoms with van der Waals surface area (Å²) in [4.78, 5) is 34.5. The summed E-state index contributed by atoms with van der Waals surface area (Å²) in [5.74, 6) is -0.359. The van der Waals surface area contributed by atoms with E-state index in [9.17, 15) is 14.7 Å². The molecule has 8 heteroatoms. The summed E-state index contributed by atoms with van der Waals surface area (Å²) in [7, 11) is 0. The van der Waals surface area contributed by atoms with E-state index < -0.39 is 17.7 Å². The Kier molecular flexibility index (Phi) is 8.38. The predicted molar refractivity (Wildman–Crippen MR) is 137 cm³/mol. The van der Waals surface area contributed by atoms with Gasteiger partial charge in [-0.3, -0.25) is 19.5 Å². The zero-order valence-corrected chi connectivity index (χ0v) is 21.3. The minimum atomic E-state index is -0.695. The van der Waals surface area contributed by atoms with E-state index in [4.69, 9.17) is 9.47 Å². The zero-order valence-electron chi connectivity index (χ0n) is 21.3. The summed E-state index contributed by atoms with van der Waals surface area (Å²) in [5, 5.41) is 11.4. The molecule has 1 aromatic carbocycles. The molecule has 0 saturated carbocycles. The molecule has 1 N–H and O–H groups in total. The second-order valence-electron chi connectivity index (χ2n) is 9.77. The first-order valence-electron chi connectivity index (χ1n) is 12.6. The molecule has 0 aliphatic carbocycles. The normalized spacial score (nSPS) is 20.3. The molecular formula is C28H35N3O5. The van der Waals surface area contributed by atoms with Crippen LogP contribution in [0.25, 0.3) is 5.76 Å². The first kappa shape index (κ1) is 25.9. The number of morpholine rings is 1. The number of hydrogen-bond donors (Lipinski definition) is 1. The van der Waals surface area contributed by atoms with Gasteiger partial charge in [-0.25, -0.2) is 0 Å². The first-order chi connectivity index (χ1) is 17.4. The van der Waals surface area contributed by atoms with Crippen molar-refractivity contribution < 1.29 is 24.2 Å². The molecule has 0 bridgehead atoms. The van der Waals surface area contributed by atoms with E-state index in [2.05, 4.69) is 23.7 Å². The number of benzene rings is 1. The molecule has 8 nitrogen and oxygen atoms in total. The Balaban J connectivity index is 1.63. The van der Waals surface area contributed by atoms with Crippen molar-refractivity contribution in [3.05, 3.63) is 65.0 Å². The Labute approximate surface area is 212 Å². The van der Waals surface area contributed by atoms with E-state index in [-0.39, 0.29) is 11.3 Å². The highest BCUT2D eigenvalue weighted by molar-refractivity contribution is 6.46. The van der Waals surface area contributed by atoms with Crippen molar-refractivity contribution in [1.82, 2.24) is 14.8 Å². The largest absolute Gasteiger partial charge is 0.507 e. The van der Waals surface area contributed by atoms with Crippen LogP contribution in [-0.4, -0.2) is 77.6 Å². The lowest BCUT2D eigenvalue weighted by Gasteiger charge is -2.29. The van der Waals surface area contributed by atoms with Gasteiger partial charge in [0, 0.05) is 44.1 Å². The molecule has 2 fully saturated rings. The van der Waals surface area contributed by atoms with Gasteiger partial charge in [0.1, 0.15) is 11.5 Å².